The topological polar surface area (TPSA) is 61.3 Å². The molecule has 2 heterocycles. The molecule has 5 nitrogen and oxygen atoms in total. The van der Waals surface area contributed by atoms with Crippen molar-refractivity contribution in [3.63, 3.8) is 0 Å². The quantitative estimate of drug-likeness (QED) is 0.829. The second-order valence-electron chi connectivity index (χ2n) is 3.87. The number of aliphatic hydroxyl groups excluding tert-OH is 1. The van der Waals surface area contributed by atoms with E-state index in [-0.39, 0.29) is 6.61 Å². The van der Waals surface area contributed by atoms with E-state index in [2.05, 4.69) is 15.3 Å². The van der Waals surface area contributed by atoms with Crippen LogP contribution in [-0.4, -0.2) is 35.3 Å². The standard InChI is InChI=1S/C12H16N4OS/c1-16(4-5-17)10-2-3-12(14-6-10)15-8-11-7-13-9-18-11/h2-3,6-7,9,17H,4-5,8H2,1H3,(H,14,15). The predicted molar refractivity (Wildman–Crippen MR) is 74.0 cm³/mol. The summed E-state index contributed by atoms with van der Waals surface area (Å²) >= 11 is 1.62. The number of aliphatic hydroxyl groups is 1. The molecule has 0 aliphatic rings. The Balaban J connectivity index is 1.91. The minimum absolute atomic E-state index is 0.141. The lowest BCUT2D eigenvalue weighted by molar-refractivity contribution is 0.304. The number of likely N-dealkylation sites (N-methyl/N-ethyl adjacent to an activating group) is 1. The average Bonchev–Trinajstić information content (AvgIpc) is 2.90. The van der Waals surface area contributed by atoms with Crippen LogP contribution in [0.1, 0.15) is 4.88 Å². The summed E-state index contributed by atoms with van der Waals surface area (Å²) in [7, 11) is 1.93. The average molecular weight is 264 g/mol. The molecule has 0 saturated carbocycles. The molecule has 0 fully saturated rings. The number of pyridine rings is 1. The van der Waals surface area contributed by atoms with E-state index in [1.54, 1.807) is 17.5 Å². The van der Waals surface area contributed by atoms with Crippen molar-refractivity contribution < 1.29 is 5.11 Å². The van der Waals surface area contributed by atoms with Crippen LogP contribution in [0.5, 0.6) is 0 Å². The van der Waals surface area contributed by atoms with Crippen molar-refractivity contribution >= 4 is 22.8 Å². The van der Waals surface area contributed by atoms with Gasteiger partial charge in [0.1, 0.15) is 5.82 Å². The molecular weight excluding hydrogens is 248 g/mol. The fraction of sp³-hybridized carbons (Fsp3) is 0.333. The summed E-state index contributed by atoms with van der Waals surface area (Å²) in [4.78, 5) is 11.5. The molecule has 0 unspecified atom stereocenters. The highest BCUT2D eigenvalue weighted by atomic mass is 32.1. The number of anilines is 2. The molecule has 2 rings (SSSR count). The minimum Gasteiger partial charge on any atom is -0.395 e. The van der Waals surface area contributed by atoms with Crippen LogP contribution in [0.15, 0.2) is 30.0 Å². The lowest BCUT2D eigenvalue weighted by Gasteiger charge is -2.17. The molecule has 0 saturated heterocycles. The van der Waals surface area contributed by atoms with E-state index in [1.807, 2.05) is 35.8 Å². The number of nitrogens with zero attached hydrogens (tertiary/aromatic N) is 3. The monoisotopic (exact) mass is 264 g/mol. The van der Waals surface area contributed by atoms with Crippen molar-refractivity contribution in [1.29, 1.82) is 0 Å². The van der Waals surface area contributed by atoms with Crippen LogP contribution in [0.2, 0.25) is 0 Å². The fourth-order valence-electron chi connectivity index (χ4n) is 1.50. The van der Waals surface area contributed by atoms with Gasteiger partial charge in [0.2, 0.25) is 0 Å². The molecule has 2 aromatic rings. The van der Waals surface area contributed by atoms with Crippen LogP contribution >= 0.6 is 11.3 Å². The third-order valence-electron chi connectivity index (χ3n) is 2.55. The molecule has 6 heteroatoms. The van der Waals surface area contributed by atoms with Gasteiger partial charge < -0.3 is 15.3 Å². The lowest BCUT2D eigenvalue weighted by Crippen LogP contribution is -2.21. The molecule has 18 heavy (non-hydrogen) atoms. The fourth-order valence-corrected chi connectivity index (χ4v) is 2.04. The predicted octanol–water partition coefficient (Wildman–Crippen LogP) is 1.58. The Morgan fingerprint density at radius 3 is 2.89 bits per heavy atom. The Labute approximate surface area is 110 Å². The van der Waals surface area contributed by atoms with Crippen molar-refractivity contribution in [3.8, 4) is 0 Å². The summed E-state index contributed by atoms with van der Waals surface area (Å²) in [5, 5.41) is 12.1. The molecule has 2 aromatic heterocycles. The molecule has 0 spiro atoms. The van der Waals surface area contributed by atoms with Gasteiger partial charge in [-0.05, 0) is 12.1 Å². The molecule has 0 aromatic carbocycles. The SMILES string of the molecule is CN(CCO)c1ccc(NCc2cncs2)nc1. The van der Waals surface area contributed by atoms with Gasteiger partial charge in [-0.2, -0.15) is 0 Å². The van der Waals surface area contributed by atoms with Gasteiger partial charge in [0.25, 0.3) is 0 Å². The van der Waals surface area contributed by atoms with Crippen LogP contribution < -0.4 is 10.2 Å². The summed E-state index contributed by atoms with van der Waals surface area (Å²) in [6, 6.07) is 3.92. The summed E-state index contributed by atoms with van der Waals surface area (Å²) in [5.41, 5.74) is 2.81. The first-order chi connectivity index (χ1) is 8.79. The van der Waals surface area contributed by atoms with Gasteiger partial charge in [-0.15, -0.1) is 11.3 Å². The van der Waals surface area contributed by atoms with Crippen LogP contribution in [0.25, 0.3) is 0 Å². The first-order valence-electron chi connectivity index (χ1n) is 5.69. The zero-order valence-electron chi connectivity index (χ0n) is 10.2. The summed E-state index contributed by atoms with van der Waals surface area (Å²) in [5.74, 6) is 0.838. The maximum atomic E-state index is 8.86. The van der Waals surface area contributed by atoms with Gasteiger partial charge in [0.05, 0.1) is 30.5 Å². The molecule has 0 atom stereocenters. The smallest absolute Gasteiger partial charge is 0.126 e. The number of hydrogen-bond acceptors (Lipinski definition) is 6. The molecule has 96 valence electrons. The maximum Gasteiger partial charge on any atom is 0.126 e. The Morgan fingerprint density at radius 2 is 2.28 bits per heavy atom. The highest BCUT2D eigenvalue weighted by molar-refractivity contribution is 7.09. The maximum absolute atomic E-state index is 8.86. The van der Waals surface area contributed by atoms with Crippen molar-refractivity contribution in [2.75, 3.05) is 30.4 Å². The van der Waals surface area contributed by atoms with E-state index in [9.17, 15) is 0 Å². The van der Waals surface area contributed by atoms with Crippen LogP contribution in [0.4, 0.5) is 11.5 Å². The molecule has 0 radical (unpaired) electrons. The van der Waals surface area contributed by atoms with Gasteiger partial charge >= 0.3 is 0 Å². The third kappa shape index (κ3) is 3.41. The zero-order valence-corrected chi connectivity index (χ0v) is 11.0. The summed E-state index contributed by atoms with van der Waals surface area (Å²) in [6.45, 7) is 1.49. The number of nitrogens with one attached hydrogen (secondary N) is 1. The van der Waals surface area contributed by atoms with E-state index in [4.69, 9.17) is 5.11 Å². The first kappa shape index (κ1) is 12.8. The Hall–Kier alpha value is -1.66. The molecule has 0 aliphatic carbocycles. The summed E-state index contributed by atoms with van der Waals surface area (Å²) in [6.07, 6.45) is 3.64. The molecular formula is C12H16N4OS. The van der Waals surface area contributed by atoms with Crippen molar-refractivity contribution in [3.05, 3.63) is 34.9 Å². The Kier molecular flexibility index (Phi) is 4.49. The van der Waals surface area contributed by atoms with Gasteiger partial charge in [-0.3, -0.25) is 4.98 Å². The minimum atomic E-state index is 0.141. The van der Waals surface area contributed by atoms with Crippen molar-refractivity contribution in [2.24, 2.45) is 0 Å². The van der Waals surface area contributed by atoms with Crippen LogP contribution in [0, 0.1) is 0 Å². The van der Waals surface area contributed by atoms with E-state index in [1.165, 1.54) is 4.88 Å². The number of rotatable bonds is 6. The second-order valence-corrected chi connectivity index (χ2v) is 4.84. The van der Waals surface area contributed by atoms with E-state index in [0.29, 0.717) is 6.54 Å². The highest BCUT2D eigenvalue weighted by Gasteiger charge is 2.01. The van der Waals surface area contributed by atoms with E-state index in [0.717, 1.165) is 18.1 Å². The van der Waals surface area contributed by atoms with Crippen molar-refractivity contribution in [1.82, 2.24) is 9.97 Å². The normalized spacial score (nSPS) is 10.3. The molecule has 0 bridgehead atoms. The lowest BCUT2D eigenvalue weighted by atomic mass is 10.3. The van der Waals surface area contributed by atoms with Gasteiger partial charge in [0.15, 0.2) is 0 Å². The Morgan fingerprint density at radius 1 is 1.39 bits per heavy atom. The summed E-state index contributed by atoms with van der Waals surface area (Å²) < 4.78 is 0. The number of aromatic nitrogens is 2. The molecule has 0 amide bonds. The van der Waals surface area contributed by atoms with Crippen molar-refractivity contribution in [2.45, 2.75) is 6.54 Å². The first-order valence-corrected chi connectivity index (χ1v) is 6.57. The number of hydrogen-bond donors (Lipinski definition) is 2. The van der Waals surface area contributed by atoms with Gasteiger partial charge in [-0.1, -0.05) is 0 Å². The third-order valence-corrected chi connectivity index (χ3v) is 3.33. The zero-order chi connectivity index (χ0) is 12.8. The van der Waals surface area contributed by atoms with E-state index < -0.39 is 0 Å². The number of thiazole rings is 1. The molecule has 2 N–H and O–H groups in total. The Bertz CT molecular complexity index is 457. The largest absolute Gasteiger partial charge is 0.395 e. The second kappa shape index (κ2) is 6.32. The highest BCUT2D eigenvalue weighted by Crippen LogP contribution is 2.14. The van der Waals surface area contributed by atoms with E-state index >= 15 is 0 Å². The van der Waals surface area contributed by atoms with Gasteiger partial charge in [0, 0.05) is 24.7 Å². The van der Waals surface area contributed by atoms with Crippen LogP contribution in [-0.2, 0) is 6.54 Å². The molecule has 0 aliphatic heterocycles. The van der Waals surface area contributed by atoms with Crippen LogP contribution in [0.3, 0.4) is 0 Å². The van der Waals surface area contributed by atoms with Gasteiger partial charge in [-0.25, -0.2) is 4.98 Å².